The Morgan fingerprint density at radius 2 is 0.696 bits per heavy atom. The van der Waals surface area contributed by atoms with E-state index in [1.165, 1.54) is 83.0 Å². The zero-order chi connectivity index (χ0) is 45.4. The molecule has 1 aliphatic carbocycles. The Kier molecular flexibility index (Phi) is 8.93. The third kappa shape index (κ3) is 6.30. The predicted octanol–water partition coefficient (Wildman–Crippen LogP) is 16.6. The van der Waals surface area contributed by atoms with Gasteiger partial charge in [0.05, 0.1) is 39.1 Å². The fraction of sp³-hybridized carbons (Fsp3) is 0.0154. The summed E-state index contributed by atoms with van der Waals surface area (Å²) >= 11 is 0. The summed E-state index contributed by atoms with van der Waals surface area (Å²) in [7, 11) is 0. The van der Waals surface area contributed by atoms with Crippen LogP contribution in [0.4, 0.5) is 0 Å². The van der Waals surface area contributed by atoms with E-state index >= 15 is 0 Å². The molecule has 0 N–H and O–H groups in total. The van der Waals surface area contributed by atoms with Gasteiger partial charge in [0, 0.05) is 39.1 Å². The molecular weight excluding hydrogens is 837 g/mol. The van der Waals surface area contributed by atoms with E-state index in [1.807, 2.05) is 12.1 Å². The van der Waals surface area contributed by atoms with Gasteiger partial charge in [0.2, 0.25) is 5.95 Å². The number of hydrogen-bond donors (Lipinski definition) is 0. The summed E-state index contributed by atoms with van der Waals surface area (Å²) in [6, 6.07) is 87.6. The van der Waals surface area contributed by atoms with Gasteiger partial charge in [0.15, 0.2) is 0 Å². The molecule has 0 spiro atoms. The molecule has 0 radical (unpaired) electrons. The maximum absolute atomic E-state index is 5.37. The van der Waals surface area contributed by atoms with Gasteiger partial charge in [-0.3, -0.25) is 4.57 Å². The van der Waals surface area contributed by atoms with Crippen molar-refractivity contribution in [1.29, 1.82) is 0 Å². The van der Waals surface area contributed by atoms with Crippen molar-refractivity contribution in [2.75, 3.05) is 0 Å². The first-order valence-electron chi connectivity index (χ1n) is 23.7. The van der Waals surface area contributed by atoms with E-state index in [2.05, 4.69) is 240 Å². The van der Waals surface area contributed by atoms with Gasteiger partial charge in [0.1, 0.15) is 0 Å². The first-order chi connectivity index (χ1) is 34.2. The van der Waals surface area contributed by atoms with E-state index < -0.39 is 0 Å². The monoisotopic (exact) mass is 878 g/mol. The van der Waals surface area contributed by atoms with Crippen molar-refractivity contribution in [2.45, 2.75) is 6.42 Å². The minimum Gasteiger partial charge on any atom is -0.309 e. The first-order valence-corrected chi connectivity index (χ1v) is 23.7. The standard InChI is InChI=1S/C65H42N4/c1-6-20-42(21-7-1)47-36-51(44-24-10-3-11-25-44)54-40-55-53(52(54)37-47)38-48(43-22-8-2-9-23-43)39-62(55)68-58-32-18-16-30-49(58)63-60(68)34-35-61-64(63)50-31-17-19-33-59(50)69(61)65-66-56(45-26-12-4-13-27-45)41-57(67-65)46-28-14-5-15-29-46/h1-39,41H,40H2. The van der Waals surface area contributed by atoms with Crippen molar-refractivity contribution >= 4 is 43.6 Å². The van der Waals surface area contributed by atoms with Gasteiger partial charge < -0.3 is 4.57 Å². The van der Waals surface area contributed by atoms with Crippen LogP contribution >= 0.6 is 0 Å². The number of rotatable bonds is 7. The van der Waals surface area contributed by atoms with E-state index in [1.54, 1.807) is 0 Å². The van der Waals surface area contributed by atoms with E-state index in [4.69, 9.17) is 9.97 Å². The number of benzene rings is 10. The number of fused-ring (bicyclic) bond motifs is 10. The fourth-order valence-electron chi connectivity index (χ4n) is 11.1. The van der Waals surface area contributed by atoms with Crippen LogP contribution in [0.25, 0.3) is 122 Å². The topological polar surface area (TPSA) is 35.6 Å². The summed E-state index contributed by atoms with van der Waals surface area (Å²) in [6.45, 7) is 0. The summed E-state index contributed by atoms with van der Waals surface area (Å²) in [5.74, 6) is 0.639. The molecule has 0 amide bonds. The molecule has 0 unspecified atom stereocenters. The lowest BCUT2D eigenvalue weighted by molar-refractivity contribution is 0.996. The van der Waals surface area contributed by atoms with Gasteiger partial charge >= 0.3 is 0 Å². The summed E-state index contributed by atoms with van der Waals surface area (Å²) in [5, 5.41) is 4.76. The largest absolute Gasteiger partial charge is 0.309 e. The van der Waals surface area contributed by atoms with Crippen molar-refractivity contribution in [1.82, 2.24) is 19.1 Å². The first kappa shape index (κ1) is 39.1. The molecule has 0 aliphatic heterocycles. The summed E-state index contributed by atoms with van der Waals surface area (Å²) in [6.07, 6.45) is 0.808. The highest BCUT2D eigenvalue weighted by molar-refractivity contribution is 6.29. The summed E-state index contributed by atoms with van der Waals surface area (Å²) < 4.78 is 4.82. The van der Waals surface area contributed by atoms with Crippen molar-refractivity contribution in [3.63, 3.8) is 0 Å². The zero-order valence-corrected chi connectivity index (χ0v) is 37.6. The Morgan fingerprint density at radius 3 is 1.23 bits per heavy atom. The third-order valence-corrected chi connectivity index (χ3v) is 14.2. The number of para-hydroxylation sites is 2. The summed E-state index contributed by atoms with van der Waals surface area (Å²) in [4.78, 5) is 10.7. The second kappa shape index (κ2) is 15.8. The van der Waals surface area contributed by atoms with Crippen molar-refractivity contribution < 1.29 is 0 Å². The molecule has 322 valence electrons. The van der Waals surface area contributed by atoms with Crippen molar-refractivity contribution in [3.8, 4) is 78.7 Å². The minimum absolute atomic E-state index is 0.639. The van der Waals surface area contributed by atoms with Gasteiger partial charge in [-0.05, 0) is 110 Å². The van der Waals surface area contributed by atoms with Crippen LogP contribution in [0.3, 0.4) is 0 Å². The molecule has 14 rings (SSSR count). The number of nitrogens with zero attached hydrogens (tertiary/aromatic N) is 4. The van der Waals surface area contributed by atoms with Gasteiger partial charge in [-0.1, -0.05) is 188 Å². The molecule has 13 aromatic rings. The molecule has 3 heterocycles. The molecule has 0 fully saturated rings. The average Bonchev–Trinajstić information content (AvgIpc) is 4.09. The van der Waals surface area contributed by atoms with Crippen LogP contribution in [0.5, 0.6) is 0 Å². The van der Waals surface area contributed by atoms with E-state index in [-0.39, 0.29) is 0 Å². The normalized spacial score (nSPS) is 12.0. The van der Waals surface area contributed by atoms with E-state index in [0.29, 0.717) is 5.95 Å². The second-order valence-corrected chi connectivity index (χ2v) is 18.1. The Hall–Kier alpha value is -9.12. The third-order valence-electron chi connectivity index (χ3n) is 14.2. The van der Waals surface area contributed by atoms with Crippen LogP contribution in [0.1, 0.15) is 11.1 Å². The number of aromatic nitrogens is 4. The fourth-order valence-corrected chi connectivity index (χ4v) is 11.1. The van der Waals surface area contributed by atoms with Crippen molar-refractivity contribution in [3.05, 3.63) is 254 Å². The molecule has 0 saturated heterocycles. The Morgan fingerprint density at radius 1 is 0.290 bits per heavy atom. The van der Waals surface area contributed by atoms with Crippen LogP contribution in [-0.2, 0) is 6.42 Å². The average molecular weight is 879 g/mol. The Bertz CT molecular complexity index is 4060. The molecule has 69 heavy (non-hydrogen) atoms. The lowest BCUT2D eigenvalue weighted by Crippen LogP contribution is -2.04. The van der Waals surface area contributed by atoms with Gasteiger partial charge in [-0.25, -0.2) is 9.97 Å². The van der Waals surface area contributed by atoms with Crippen LogP contribution in [0.2, 0.25) is 0 Å². The van der Waals surface area contributed by atoms with Crippen LogP contribution in [0, 0.1) is 0 Å². The maximum Gasteiger partial charge on any atom is 0.235 e. The molecule has 0 atom stereocenters. The van der Waals surface area contributed by atoms with Crippen LogP contribution < -0.4 is 0 Å². The van der Waals surface area contributed by atoms with E-state index in [0.717, 1.165) is 50.9 Å². The molecule has 4 nitrogen and oxygen atoms in total. The minimum atomic E-state index is 0.639. The van der Waals surface area contributed by atoms with Gasteiger partial charge in [-0.15, -0.1) is 0 Å². The Balaban J connectivity index is 1.05. The zero-order valence-electron chi connectivity index (χ0n) is 37.6. The number of hydrogen-bond acceptors (Lipinski definition) is 2. The predicted molar refractivity (Wildman–Crippen MR) is 286 cm³/mol. The Labute approximate surface area is 399 Å². The molecule has 3 aromatic heterocycles. The molecular formula is C65H42N4. The quantitative estimate of drug-likeness (QED) is 0.160. The van der Waals surface area contributed by atoms with Gasteiger partial charge in [0.25, 0.3) is 0 Å². The smallest absolute Gasteiger partial charge is 0.235 e. The molecule has 10 aromatic carbocycles. The van der Waals surface area contributed by atoms with Crippen LogP contribution in [-0.4, -0.2) is 19.1 Å². The SMILES string of the molecule is c1ccc(-c2cc(-c3ccccc3)c3c(c2)-c2cc(-c4ccccc4)cc(-n4c5ccccc5c5c6c7ccccc7n(-c7nc(-c8ccccc8)cc(-c8ccccc8)n7)c6ccc54)c2C3)cc1. The highest BCUT2D eigenvalue weighted by atomic mass is 15.2. The van der Waals surface area contributed by atoms with Crippen LogP contribution in [0.15, 0.2) is 243 Å². The van der Waals surface area contributed by atoms with Gasteiger partial charge in [-0.2, -0.15) is 0 Å². The molecule has 4 heteroatoms. The van der Waals surface area contributed by atoms with E-state index in [9.17, 15) is 0 Å². The second-order valence-electron chi connectivity index (χ2n) is 18.1. The summed E-state index contributed by atoms with van der Waals surface area (Å²) in [5.41, 5.74) is 22.1. The lowest BCUT2D eigenvalue weighted by atomic mass is 9.90. The van der Waals surface area contributed by atoms with Crippen molar-refractivity contribution in [2.24, 2.45) is 0 Å². The highest BCUT2D eigenvalue weighted by Crippen LogP contribution is 2.50. The highest BCUT2D eigenvalue weighted by Gasteiger charge is 2.30. The molecule has 0 bridgehead atoms. The lowest BCUT2D eigenvalue weighted by Gasteiger charge is -2.16. The maximum atomic E-state index is 5.37. The molecule has 1 aliphatic rings. The molecule has 0 saturated carbocycles.